The Balaban J connectivity index is 2.10. The van der Waals surface area contributed by atoms with Gasteiger partial charge in [0.25, 0.3) is 0 Å². The molecule has 1 aliphatic rings. The van der Waals surface area contributed by atoms with Crippen LogP contribution in [0.2, 0.25) is 0 Å². The molecule has 2 unspecified atom stereocenters. The first-order valence-electron chi connectivity index (χ1n) is 6.26. The fourth-order valence-corrected chi connectivity index (χ4v) is 4.33. The molecule has 0 aromatic carbocycles. The molecule has 9 heteroatoms. The zero-order valence-electron chi connectivity index (χ0n) is 10.8. The Labute approximate surface area is 120 Å². The Bertz CT molecular complexity index is 800. The van der Waals surface area contributed by atoms with Crippen LogP contribution in [0, 0.1) is 0 Å². The van der Waals surface area contributed by atoms with Crippen LogP contribution < -0.4 is 0 Å². The number of hydrogen-bond donors (Lipinski definition) is 3. The van der Waals surface area contributed by atoms with Crippen molar-refractivity contribution < 1.29 is 23.4 Å². The maximum atomic E-state index is 12.7. The van der Waals surface area contributed by atoms with E-state index in [4.69, 9.17) is 5.11 Å². The summed E-state index contributed by atoms with van der Waals surface area (Å²) >= 11 is 0. The molecule has 1 aliphatic heterocycles. The Morgan fingerprint density at radius 3 is 2.95 bits per heavy atom. The van der Waals surface area contributed by atoms with E-state index in [2.05, 4.69) is 9.97 Å². The summed E-state index contributed by atoms with van der Waals surface area (Å²) in [7, 11) is -4.03. The van der Waals surface area contributed by atoms with Crippen molar-refractivity contribution in [3.8, 4) is 0 Å². The van der Waals surface area contributed by atoms with E-state index in [0.717, 1.165) is 4.31 Å². The van der Waals surface area contributed by atoms with Crippen molar-refractivity contribution in [1.29, 1.82) is 0 Å². The molecule has 3 rings (SSSR count). The highest BCUT2D eigenvalue weighted by Crippen LogP contribution is 2.30. The highest BCUT2D eigenvalue weighted by molar-refractivity contribution is 7.89. The number of fused-ring (bicyclic) bond motifs is 1. The van der Waals surface area contributed by atoms with Crippen LogP contribution in [0.25, 0.3) is 11.0 Å². The highest BCUT2D eigenvalue weighted by atomic mass is 32.2. The second-order valence-corrected chi connectivity index (χ2v) is 6.73. The van der Waals surface area contributed by atoms with Gasteiger partial charge in [-0.15, -0.1) is 0 Å². The van der Waals surface area contributed by atoms with E-state index in [1.54, 1.807) is 12.1 Å². The van der Waals surface area contributed by atoms with Gasteiger partial charge in [0.2, 0.25) is 10.0 Å². The molecule has 1 fully saturated rings. The number of carboxylic acid groups (broad SMARTS) is 1. The molecule has 0 spiro atoms. The normalized spacial score (nSPS) is 23.7. The zero-order valence-corrected chi connectivity index (χ0v) is 11.6. The fourth-order valence-electron chi connectivity index (χ4n) is 2.54. The number of aromatic amines is 1. The average Bonchev–Trinajstić information content (AvgIpc) is 3.02. The molecule has 112 valence electrons. The second kappa shape index (κ2) is 4.79. The van der Waals surface area contributed by atoms with Crippen molar-refractivity contribution in [3.05, 3.63) is 24.5 Å². The SMILES string of the molecule is O=C(O)C1CC(O)CN1S(=O)(=O)c1c[nH]c2ncccc12. The third kappa shape index (κ3) is 2.19. The van der Waals surface area contributed by atoms with Crippen LogP contribution in [0.4, 0.5) is 0 Å². The van der Waals surface area contributed by atoms with Crippen molar-refractivity contribution >= 4 is 27.0 Å². The van der Waals surface area contributed by atoms with E-state index in [9.17, 15) is 18.3 Å². The van der Waals surface area contributed by atoms with Crippen molar-refractivity contribution in [2.24, 2.45) is 0 Å². The topological polar surface area (TPSA) is 124 Å². The van der Waals surface area contributed by atoms with Crippen molar-refractivity contribution in [2.75, 3.05) is 6.54 Å². The third-order valence-electron chi connectivity index (χ3n) is 3.52. The summed E-state index contributed by atoms with van der Waals surface area (Å²) in [4.78, 5) is 17.9. The summed E-state index contributed by atoms with van der Waals surface area (Å²) < 4.78 is 26.2. The van der Waals surface area contributed by atoms with Gasteiger partial charge in [0, 0.05) is 30.7 Å². The van der Waals surface area contributed by atoms with Gasteiger partial charge in [0.15, 0.2) is 0 Å². The summed E-state index contributed by atoms with van der Waals surface area (Å²) in [5.41, 5.74) is 0.405. The maximum Gasteiger partial charge on any atom is 0.322 e. The van der Waals surface area contributed by atoms with Crippen LogP contribution in [-0.2, 0) is 14.8 Å². The Morgan fingerprint density at radius 2 is 2.24 bits per heavy atom. The van der Waals surface area contributed by atoms with Crippen LogP contribution in [0.5, 0.6) is 0 Å². The van der Waals surface area contributed by atoms with Gasteiger partial charge in [0.05, 0.1) is 6.10 Å². The van der Waals surface area contributed by atoms with Crippen molar-refractivity contribution in [2.45, 2.75) is 23.5 Å². The number of H-pyrrole nitrogens is 1. The lowest BCUT2D eigenvalue weighted by Crippen LogP contribution is -2.40. The van der Waals surface area contributed by atoms with Crippen LogP contribution in [-0.4, -0.2) is 57.6 Å². The number of aliphatic hydroxyl groups excluding tert-OH is 1. The van der Waals surface area contributed by atoms with Gasteiger partial charge in [-0.1, -0.05) is 0 Å². The van der Waals surface area contributed by atoms with Gasteiger partial charge >= 0.3 is 5.97 Å². The smallest absolute Gasteiger partial charge is 0.322 e. The number of aromatic nitrogens is 2. The molecule has 2 atom stereocenters. The zero-order chi connectivity index (χ0) is 15.2. The lowest BCUT2D eigenvalue weighted by Gasteiger charge is -2.20. The summed E-state index contributed by atoms with van der Waals surface area (Å²) in [6.45, 7) is -0.230. The molecule has 3 heterocycles. The fraction of sp³-hybridized carbons (Fsp3) is 0.333. The van der Waals surface area contributed by atoms with E-state index < -0.39 is 28.1 Å². The van der Waals surface area contributed by atoms with Gasteiger partial charge < -0.3 is 15.2 Å². The highest BCUT2D eigenvalue weighted by Gasteiger charge is 2.44. The van der Waals surface area contributed by atoms with E-state index in [1.165, 1.54) is 12.4 Å². The minimum atomic E-state index is -4.03. The third-order valence-corrected chi connectivity index (χ3v) is 5.43. The van der Waals surface area contributed by atoms with Gasteiger partial charge in [-0.2, -0.15) is 4.31 Å². The largest absolute Gasteiger partial charge is 0.480 e. The molecule has 0 saturated carbocycles. The quantitative estimate of drug-likeness (QED) is 0.719. The summed E-state index contributed by atoms with van der Waals surface area (Å²) in [5.74, 6) is -1.27. The first kappa shape index (κ1) is 14.0. The molecule has 2 aromatic heterocycles. The number of hydrogen-bond acceptors (Lipinski definition) is 5. The van der Waals surface area contributed by atoms with Crippen molar-refractivity contribution in [3.63, 3.8) is 0 Å². The van der Waals surface area contributed by atoms with Gasteiger partial charge in [-0.05, 0) is 12.1 Å². The predicted molar refractivity (Wildman–Crippen MR) is 72.0 cm³/mol. The maximum absolute atomic E-state index is 12.7. The van der Waals surface area contributed by atoms with Crippen LogP contribution >= 0.6 is 0 Å². The first-order chi connectivity index (χ1) is 9.91. The Morgan fingerprint density at radius 1 is 1.48 bits per heavy atom. The number of rotatable bonds is 3. The number of carbonyl (C=O) groups is 1. The monoisotopic (exact) mass is 311 g/mol. The molecule has 2 aromatic rings. The number of β-amino-alcohol motifs (C(OH)–C–C–N with tert-alkyl or cyclic N) is 1. The van der Waals surface area contributed by atoms with E-state index in [0.29, 0.717) is 11.0 Å². The summed E-state index contributed by atoms with van der Waals surface area (Å²) in [6.07, 6.45) is 1.71. The standard InChI is InChI=1S/C12H13N3O5S/c16-7-4-9(12(17)18)15(6-7)21(19,20)10-5-14-11-8(10)2-1-3-13-11/h1-3,5,7,9,16H,4,6H2,(H,13,14)(H,17,18). The molecule has 1 saturated heterocycles. The molecule has 8 nitrogen and oxygen atoms in total. The van der Waals surface area contributed by atoms with E-state index in [-0.39, 0.29) is 17.9 Å². The predicted octanol–water partition coefficient (Wildman–Crippen LogP) is -0.229. The minimum absolute atomic E-state index is 0.0362. The van der Waals surface area contributed by atoms with Crippen LogP contribution in [0.15, 0.2) is 29.4 Å². The number of nitrogens with zero attached hydrogens (tertiary/aromatic N) is 2. The van der Waals surface area contributed by atoms with E-state index in [1.807, 2.05) is 0 Å². The summed E-state index contributed by atoms with van der Waals surface area (Å²) in [5, 5.41) is 19.1. The molecule has 0 bridgehead atoms. The summed E-state index contributed by atoms with van der Waals surface area (Å²) in [6, 6.07) is 1.93. The molecule has 0 radical (unpaired) electrons. The van der Waals surface area contributed by atoms with Gasteiger partial charge in [-0.3, -0.25) is 4.79 Å². The number of aliphatic carboxylic acids is 1. The lowest BCUT2D eigenvalue weighted by molar-refractivity contribution is -0.140. The first-order valence-corrected chi connectivity index (χ1v) is 7.70. The number of carboxylic acids is 1. The number of pyridine rings is 1. The van der Waals surface area contributed by atoms with Gasteiger partial charge in [-0.25, -0.2) is 13.4 Å². The number of sulfonamides is 1. The molecule has 0 aliphatic carbocycles. The number of nitrogens with one attached hydrogen (secondary N) is 1. The molecule has 3 N–H and O–H groups in total. The average molecular weight is 311 g/mol. The lowest BCUT2D eigenvalue weighted by atomic mass is 10.2. The van der Waals surface area contributed by atoms with Crippen molar-refractivity contribution in [1.82, 2.24) is 14.3 Å². The Hall–Kier alpha value is -1.97. The van der Waals surface area contributed by atoms with Crippen LogP contribution in [0.3, 0.4) is 0 Å². The molecule has 21 heavy (non-hydrogen) atoms. The van der Waals surface area contributed by atoms with E-state index >= 15 is 0 Å². The Kier molecular flexibility index (Phi) is 3.19. The molecular weight excluding hydrogens is 298 g/mol. The van der Waals surface area contributed by atoms with Crippen LogP contribution in [0.1, 0.15) is 6.42 Å². The molecular formula is C12H13N3O5S. The minimum Gasteiger partial charge on any atom is -0.480 e. The number of aliphatic hydroxyl groups is 1. The second-order valence-electron chi connectivity index (χ2n) is 4.87. The molecule has 0 amide bonds. The van der Waals surface area contributed by atoms with Gasteiger partial charge in [0.1, 0.15) is 16.6 Å².